The van der Waals surface area contributed by atoms with E-state index in [1.54, 1.807) is 36.4 Å². The Bertz CT molecular complexity index is 1340. The lowest BCUT2D eigenvalue weighted by Gasteiger charge is -2.13. The Morgan fingerprint density at radius 2 is 1.67 bits per heavy atom. The first-order valence-corrected chi connectivity index (χ1v) is 10.7. The number of para-hydroxylation sites is 1. The molecule has 0 spiro atoms. The SMILES string of the molecule is CCOc1ccc(C(=O)Oc2ccc3c(=O)c(Oc4ccccc4C(C)C)coc3c2)cc1. The molecule has 0 amide bonds. The summed E-state index contributed by atoms with van der Waals surface area (Å²) >= 11 is 0. The van der Waals surface area contributed by atoms with Crippen molar-refractivity contribution in [1.82, 2.24) is 0 Å². The summed E-state index contributed by atoms with van der Waals surface area (Å²) in [6, 6.07) is 18.9. The average molecular weight is 444 g/mol. The summed E-state index contributed by atoms with van der Waals surface area (Å²) in [7, 11) is 0. The van der Waals surface area contributed by atoms with Crippen molar-refractivity contribution in [2.24, 2.45) is 0 Å². The summed E-state index contributed by atoms with van der Waals surface area (Å²) in [5, 5.41) is 0.329. The molecule has 3 aromatic carbocycles. The van der Waals surface area contributed by atoms with E-state index in [2.05, 4.69) is 13.8 Å². The summed E-state index contributed by atoms with van der Waals surface area (Å²) in [5.41, 5.74) is 1.36. The van der Waals surface area contributed by atoms with Crippen molar-refractivity contribution in [1.29, 1.82) is 0 Å². The number of fused-ring (bicyclic) bond motifs is 1. The van der Waals surface area contributed by atoms with Crippen LogP contribution in [0.15, 0.2) is 82.2 Å². The van der Waals surface area contributed by atoms with Gasteiger partial charge in [0.1, 0.15) is 29.1 Å². The van der Waals surface area contributed by atoms with Gasteiger partial charge in [-0.15, -0.1) is 0 Å². The number of carbonyl (C=O) groups is 1. The van der Waals surface area contributed by atoms with Gasteiger partial charge in [-0.3, -0.25) is 4.79 Å². The Labute approximate surface area is 191 Å². The van der Waals surface area contributed by atoms with Crippen LogP contribution in [-0.4, -0.2) is 12.6 Å². The van der Waals surface area contributed by atoms with E-state index in [-0.39, 0.29) is 22.8 Å². The van der Waals surface area contributed by atoms with Crippen molar-refractivity contribution >= 4 is 16.9 Å². The molecule has 0 saturated heterocycles. The van der Waals surface area contributed by atoms with E-state index < -0.39 is 5.97 Å². The molecule has 4 aromatic rings. The molecule has 6 nitrogen and oxygen atoms in total. The maximum absolute atomic E-state index is 12.9. The van der Waals surface area contributed by atoms with E-state index in [1.807, 2.05) is 31.2 Å². The Morgan fingerprint density at radius 1 is 0.939 bits per heavy atom. The summed E-state index contributed by atoms with van der Waals surface area (Å²) in [5.74, 6) is 1.36. The van der Waals surface area contributed by atoms with Gasteiger partial charge in [0.2, 0.25) is 11.2 Å². The minimum atomic E-state index is -0.523. The lowest BCUT2D eigenvalue weighted by Crippen LogP contribution is -2.09. The Morgan fingerprint density at radius 3 is 2.39 bits per heavy atom. The van der Waals surface area contributed by atoms with Crippen molar-refractivity contribution in [2.45, 2.75) is 26.7 Å². The second-order valence-corrected chi connectivity index (χ2v) is 7.73. The zero-order chi connectivity index (χ0) is 23.4. The van der Waals surface area contributed by atoms with Crippen molar-refractivity contribution in [3.8, 4) is 23.0 Å². The van der Waals surface area contributed by atoms with Gasteiger partial charge in [0.25, 0.3) is 0 Å². The lowest BCUT2D eigenvalue weighted by molar-refractivity contribution is 0.0735. The first-order chi connectivity index (χ1) is 16.0. The minimum absolute atomic E-state index is 0.0923. The van der Waals surface area contributed by atoms with Crippen LogP contribution in [0, 0.1) is 0 Å². The monoisotopic (exact) mass is 444 g/mol. The van der Waals surface area contributed by atoms with E-state index in [0.717, 1.165) is 5.56 Å². The predicted molar refractivity (Wildman–Crippen MR) is 126 cm³/mol. The fourth-order valence-electron chi connectivity index (χ4n) is 3.41. The normalized spacial score (nSPS) is 10.9. The van der Waals surface area contributed by atoms with Gasteiger partial charge in [-0.25, -0.2) is 4.79 Å². The smallest absolute Gasteiger partial charge is 0.343 e. The molecule has 0 bridgehead atoms. The topological polar surface area (TPSA) is 75.0 Å². The van der Waals surface area contributed by atoms with Gasteiger partial charge in [0.05, 0.1) is 17.6 Å². The number of benzene rings is 3. The van der Waals surface area contributed by atoms with Gasteiger partial charge in [0.15, 0.2) is 0 Å². The maximum Gasteiger partial charge on any atom is 0.343 e. The predicted octanol–water partition coefficient (Wildman–Crippen LogP) is 6.33. The fourth-order valence-corrected chi connectivity index (χ4v) is 3.41. The second kappa shape index (κ2) is 9.61. The summed E-state index contributed by atoms with van der Waals surface area (Å²) < 4.78 is 22.3. The number of rotatable bonds is 7. The van der Waals surface area contributed by atoms with Crippen molar-refractivity contribution in [2.75, 3.05) is 6.61 Å². The Kier molecular flexibility index (Phi) is 6.45. The van der Waals surface area contributed by atoms with Gasteiger partial charge in [-0.2, -0.15) is 0 Å². The van der Waals surface area contributed by atoms with Crippen LogP contribution >= 0.6 is 0 Å². The van der Waals surface area contributed by atoms with Crippen LogP contribution in [0.3, 0.4) is 0 Å². The van der Waals surface area contributed by atoms with Gasteiger partial charge in [0, 0.05) is 6.07 Å². The highest BCUT2D eigenvalue weighted by atomic mass is 16.5. The van der Waals surface area contributed by atoms with E-state index >= 15 is 0 Å². The van der Waals surface area contributed by atoms with Crippen LogP contribution in [0.2, 0.25) is 0 Å². The standard InChI is InChI=1S/C27H24O6/c1-4-30-19-11-9-18(10-12-19)27(29)32-20-13-14-22-24(15-20)31-16-25(26(22)28)33-23-8-6-5-7-21(23)17(2)3/h5-17H,4H2,1-3H3. The third kappa shape index (κ3) is 4.90. The molecule has 0 N–H and O–H groups in total. The fraction of sp³-hybridized carbons (Fsp3) is 0.185. The Balaban J connectivity index is 1.56. The van der Waals surface area contributed by atoms with Crippen LogP contribution < -0.4 is 19.6 Å². The van der Waals surface area contributed by atoms with Crippen molar-refractivity contribution in [3.63, 3.8) is 0 Å². The second-order valence-electron chi connectivity index (χ2n) is 7.73. The van der Waals surface area contributed by atoms with Gasteiger partial charge in [-0.05, 0) is 60.9 Å². The van der Waals surface area contributed by atoms with Gasteiger partial charge >= 0.3 is 5.97 Å². The summed E-state index contributed by atoms with van der Waals surface area (Å²) in [4.78, 5) is 25.4. The van der Waals surface area contributed by atoms with Crippen LogP contribution in [0.4, 0.5) is 0 Å². The van der Waals surface area contributed by atoms with Crippen LogP contribution in [0.5, 0.6) is 23.0 Å². The van der Waals surface area contributed by atoms with Gasteiger partial charge in [-0.1, -0.05) is 32.0 Å². The van der Waals surface area contributed by atoms with Crippen molar-refractivity contribution < 1.29 is 23.4 Å². The molecule has 0 aliphatic heterocycles. The van der Waals surface area contributed by atoms with E-state index in [1.165, 1.54) is 12.3 Å². The van der Waals surface area contributed by atoms with Crippen LogP contribution in [-0.2, 0) is 0 Å². The maximum atomic E-state index is 12.9. The van der Waals surface area contributed by atoms with Crippen LogP contribution in [0.1, 0.15) is 42.6 Å². The highest BCUT2D eigenvalue weighted by Gasteiger charge is 2.15. The molecule has 0 fully saturated rings. The molecule has 33 heavy (non-hydrogen) atoms. The number of esters is 1. The quantitative estimate of drug-likeness (QED) is 0.245. The summed E-state index contributed by atoms with van der Waals surface area (Å²) in [6.07, 6.45) is 1.28. The molecule has 4 rings (SSSR count). The number of carbonyl (C=O) groups excluding carboxylic acids is 1. The van der Waals surface area contributed by atoms with Crippen LogP contribution in [0.25, 0.3) is 11.0 Å². The van der Waals surface area contributed by atoms with E-state index in [0.29, 0.717) is 34.6 Å². The number of ether oxygens (including phenoxy) is 3. The first-order valence-electron chi connectivity index (χ1n) is 10.7. The first kappa shape index (κ1) is 22.1. The molecule has 0 aliphatic rings. The molecule has 0 aliphatic carbocycles. The third-order valence-electron chi connectivity index (χ3n) is 5.09. The zero-order valence-electron chi connectivity index (χ0n) is 18.7. The molecule has 1 aromatic heterocycles. The zero-order valence-corrected chi connectivity index (χ0v) is 18.7. The number of hydrogen-bond acceptors (Lipinski definition) is 6. The summed E-state index contributed by atoms with van der Waals surface area (Å²) in [6.45, 7) is 6.55. The molecular formula is C27H24O6. The molecule has 6 heteroatoms. The molecule has 0 atom stereocenters. The molecular weight excluding hydrogens is 420 g/mol. The number of hydrogen-bond donors (Lipinski definition) is 0. The average Bonchev–Trinajstić information content (AvgIpc) is 2.82. The molecule has 1 heterocycles. The van der Waals surface area contributed by atoms with Crippen molar-refractivity contribution in [3.05, 3.63) is 94.3 Å². The lowest BCUT2D eigenvalue weighted by atomic mass is 10.0. The van der Waals surface area contributed by atoms with E-state index in [4.69, 9.17) is 18.6 Å². The largest absolute Gasteiger partial charge is 0.494 e. The highest BCUT2D eigenvalue weighted by molar-refractivity contribution is 5.91. The highest BCUT2D eigenvalue weighted by Crippen LogP contribution is 2.30. The Hall–Kier alpha value is -4.06. The molecule has 0 saturated carbocycles. The van der Waals surface area contributed by atoms with Gasteiger partial charge < -0.3 is 18.6 Å². The molecule has 0 unspecified atom stereocenters. The third-order valence-corrected chi connectivity index (χ3v) is 5.09. The minimum Gasteiger partial charge on any atom is -0.494 e. The molecule has 0 radical (unpaired) electrons. The molecule has 168 valence electrons. The van der Waals surface area contributed by atoms with E-state index in [9.17, 15) is 9.59 Å².